The van der Waals surface area contributed by atoms with Gasteiger partial charge in [-0.2, -0.15) is 0 Å². The first-order valence-electron chi connectivity index (χ1n) is 5.55. The molecule has 0 bridgehead atoms. The van der Waals surface area contributed by atoms with Crippen LogP contribution >= 0.6 is 11.6 Å². The van der Waals surface area contributed by atoms with E-state index in [0.717, 1.165) is 31.7 Å². The lowest BCUT2D eigenvalue weighted by Gasteiger charge is -2.29. The van der Waals surface area contributed by atoms with Crippen molar-refractivity contribution in [3.05, 3.63) is 40.4 Å². The minimum Gasteiger partial charge on any atom is -0.398 e. The summed E-state index contributed by atoms with van der Waals surface area (Å²) in [5.41, 5.74) is 12.4. The zero-order valence-electron chi connectivity index (χ0n) is 9.54. The highest BCUT2D eigenvalue weighted by atomic mass is 35.5. The van der Waals surface area contributed by atoms with E-state index in [1.807, 2.05) is 12.1 Å². The first-order valence-corrected chi connectivity index (χ1v) is 5.99. The van der Waals surface area contributed by atoms with Crippen LogP contribution in [0.2, 0.25) is 0 Å². The van der Waals surface area contributed by atoms with Crippen molar-refractivity contribution < 1.29 is 0 Å². The number of hydrogen-bond donors (Lipinski definition) is 1. The topological polar surface area (TPSA) is 29.3 Å². The molecule has 0 radical (unpaired) electrons. The van der Waals surface area contributed by atoms with Crippen LogP contribution in [0.25, 0.3) is 0 Å². The highest BCUT2D eigenvalue weighted by molar-refractivity contribution is 6.25. The lowest BCUT2D eigenvalue weighted by molar-refractivity contribution is 0.276. The van der Waals surface area contributed by atoms with Crippen LogP contribution in [0.1, 0.15) is 18.1 Å². The zero-order chi connectivity index (χ0) is 11.5. The minimum atomic E-state index is 0.912. The highest BCUT2D eigenvalue weighted by Crippen LogP contribution is 2.24. The molecule has 0 spiro atoms. The smallest absolute Gasteiger partial charge is 0.0362 e. The van der Waals surface area contributed by atoms with Gasteiger partial charge < -0.3 is 5.73 Å². The van der Waals surface area contributed by atoms with Gasteiger partial charge in [-0.3, -0.25) is 4.90 Å². The van der Waals surface area contributed by atoms with E-state index in [0.29, 0.717) is 0 Å². The highest BCUT2D eigenvalue weighted by Gasteiger charge is 2.17. The molecule has 2 N–H and O–H groups in total. The van der Waals surface area contributed by atoms with Gasteiger partial charge in [0.2, 0.25) is 0 Å². The van der Waals surface area contributed by atoms with Gasteiger partial charge in [0.05, 0.1) is 0 Å². The molecule has 0 amide bonds. The first kappa shape index (κ1) is 11.5. The molecule has 1 heterocycles. The van der Waals surface area contributed by atoms with Gasteiger partial charge in [-0.1, -0.05) is 23.7 Å². The Morgan fingerprint density at radius 2 is 2.38 bits per heavy atom. The Morgan fingerprint density at radius 3 is 3.12 bits per heavy atom. The molecule has 0 aliphatic carbocycles. The number of nitrogens with two attached hydrogens (primary N) is 1. The predicted molar refractivity (Wildman–Crippen MR) is 69.4 cm³/mol. The van der Waals surface area contributed by atoms with Crippen LogP contribution in [0.5, 0.6) is 0 Å². The second kappa shape index (κ2) is 4.89. The predicted octanol–water partition coefficient (Wildman–Crippen LogP) is 2.77. The molecule has 0 unspecified atom stereocenters. The van der Waals surface area contributed by atoms with E-state index in [2.05, 4.69) is 17.9 Å². The minimum absolute atomic E-state index is 0.912. The molecule has 0 fully saturated rings. The second-order valence-corrected chi connectivity index (χ2v) is 4.62. The quantitative estimate of drug-likeness (QED) is 0.801. The third-order valence-electron chi connectivity index (χ3n) is 3.05. The number of nitrogen functional groups attached to an aromatic ring is 1. The Balaban J connectivity index is 2.14. The number of fused-ring (bicyclic) bond motifs is 1. The van der Waals surface area contributed by atoms with E-state index in [9.17, 15) is 0 Å². The molecule has 1 aliphatic rings. The van der Waals surface area contributed by atoms with Crippen LogP contribution in [0.15, 0.2) is 29.3 Å². The maximum Gasteiger partial charge on any atom is 0.0362 e. The largest absolute Gasteiger partial charge is 0.398 e. The van der Waals surface area contributed by atoms with Crippen LogP contribution in [-0.2, 0) is 13.0 Å². The van der Waals surface area contributed by atoms with E-state index < -0.39 is 0 Å². The van der Waals surface area contributed by atoms with E-state index >= 15 is 0 Å². The summed E-state index contributed by atoms with van der Waals surface area (Å²) < 4.78 is 0. The molecule has 86 valence electrons. The molecule has 0 aromatic heterocycles. The summed E-state index contributed by atoms with van der Waals surface area (Å²) in [6.07, 6.45) is 1.08. The number of benzene rings is 1. The zero-order valence-corrected chi connectivity index (χ0v) is 10.3. The van der Waals surface area contributed by atoms with Gasteiger partial charge in [0.1, 0.15) is 0 Å². The van der Waals surface area contributed by atoms with E-state index in [1.54, 1.807) is 5.54 Å². The third kappa shape index (κ3) is 2.39. The van der Waals surface area contributed by atoms with Crippen LogP contribution in [0.4, 0.5) is 5.69 Å². The summed E-state index contributed by atoms with van der Waals surface area (Å²) in [6, 6.07) is 6.19. The Labute approximate surface area is 102 Å². The average Bonchev–Trinajstić information content (AvgIpc) is 2.30. The van der Waals surface area contributed by atoms with Crippen molar-refractivity contribution in [1.29, 1.82) is 0 Å². The van der Waals surface area contributed by atoms with Gasteiger partial charge >= 0.3 is 0 Å². The second-order valence-electron chi connectivity index (χ2n) is 4.40. The first-order chi connectivity index (χ1) is 7.70. The lowest BCUT2D eigenvalue weighted by atomic mass is 9.98. The van der Waals surface area contributed by atoms with E-state index in [4.69, 9.17) is 17.3 Å². The fourth-order valence-electron chi connectivity index (χ4n) is 2.18. The summed E-state index contributed by atoms with van der Waals surface area (Å²) in [6.45, 7) is 5.00. The normalized spacial score (nSPS) is 17.2. The van der Waals surface area contributed by atoms with Crippen molar-refractivity contribution in [1.82, 2.24) is 4.90 Å². The van der Waals surface area contributed by atoms with Crippen molar-refractivity contribution in [2.75, 3.05) is 18.8 Å². The van der Waals surface area contributed by atoms with Gasteiger partial charge in [-0.15, -0.1) is 0 Å². The fraction of sp³-hybridized carbons (Fsp3) is 0.385. The van der Waals surface area contributed by atoms with Crippen molar-refractivity contribution in [2.45, 2.75) is 19.9 Å². The Morgan fingerprint density at radius 1 is 1.56 bits per heavy atom. The fourth-order valence-corrected chi connectivity index (χ4v) is 2.25. The molecule has 2 nitrogen and oxygen atoms in total. The lowest BCUT2D eigenvalue weighted by Crippen LogP contribution is -2.32. The van der Waals surface area contributed by atoms with Crippen LogP contribution in [0.3, 0.4) is 0 Å². The van der Waals surface area contributed by atoms with Crippen molar-refractivity contribution in [3.63, 3.8) is 0 Å². The Hall–Kier alpha value is -0.990. The molecule has 1 aromatic carbocycles. The van der Waals surface area contributed by atoms with Gasteiger partial charge in [-0.05, 0) is 36.1 Å². The Kier molecular flexibility index (Phi) is 3.52. The SMILES string of the molecule is C/C(=C/Cl)CN1CCc2cccc(N)c2C1. The standard InChI is InChI=1S/C13H17ClN2/c1-10(7-14)8-16-6-5-11-3-2-4-13(15)12(11)9-16/h2-4,7H,5-6,8-9,15H2,1H3/b10-7-. The Bertz CT molecular complexity index is 412. The molecule has 0 atom stereocenters. The van der Waals surface area contributed by atoms with Gasteiger partial charge in [0, 0.05) is 30.9 Å². The summed E-state index contributed by atoms with van der Waals surface area (Å²) >= 11 is 5.69. The monoisotopic (exact) mass is 236 g/mol. The molecular weight excluding hydrogens is 220 g/mol. The molecular formula is C13H17ClN2. The number of hydrogen-bond acceptors (Lipinski definition) is 2. The van der Waals surface area contributed by atoms with E-state index in [1.165, 1.54) is 16.7 Å². The number of nitrogens with zero attached hydrogens (tertiary/aromatic N) is 1. The maximum absolute atomic E-state index is 6.00. The average molecular weight is 237 g/mol. The molecule has 2 rings (SSSR count). The summed E-state index contributed by atoms with van der Waals surface area (Å²) in [4.78, 5) is 2.38. The van der Waals surface area contributed by atoms with Crippen LogP contribution in [-0.4, -0.2) is 18.0 Å². The number of rotatable bonds is 2. The van der Waals surface area contributed by atoms with Crippen molar-refractivity contribution in [2.24, 2.45) is 0 Å². The van der Waals surface area contributed by atoms with E-state index in [-0.39, 0.29) is 0 Å². The maximum atomic E-state index is 6.00. The molecule has 3 heteroatoms. The van der Waals surface area contributed by atoms with Gasteiger partial charge in [-0.25, -0.2) is 0 Å². The molecule has 16 heavy (non-hydrogen) atoms. The van der Waals surface area contributed by atoms with Gasteiger partial charge in [0.25, 0.3) is 0 Å². The van der Waals surface area contributed by atoms with Crippen molar-refractivity contribution >= 4 is 17.3 Å². The molecule has 1 aliphatic heterocycles. The molecule has 0 saturated heterocycles. The van der Waals surface area contributed by atoms with Gasteiger partial charge in [0.15, 0.2) is 0 Å². The number of anilines is 1. The molecule has 0 saturated carbocycles. The number of halogens is 1. The summed E-state index contributed by atoms with van der Waals surface area (Å²) in [5, 5.41) is 0. The van der Waals surface area contributed by atoms with Crippen molar-refractivity contribution in [3.8, 4) is 0 Å². The van der Waals surface area contributed by atoms with Crippen LogP contribution in [0, 0.1) is 0 Å². The third-order valence-corrected chi connectivity index (χ3v) is 3.42. The summed E-state index contributed by atoms with van der Waals surface area (Å²) in [5.74, 6) is 0. The van der Waals surface area contributed by atoms with Crippen LogP contribution < -0.4 is 5.73 Å². The molecule has 1 aromatic rings. The summed E-state index contributed by atoms with van der Waals surface area (Å²) in [7, 11) is 0.